The highest BCUT2D eigenvalue weighted by atomic mass is 16.6. The van der Waals surface area contributed by atoms with E-state index in [1.54, 1.807) is 24.3 Å². The summed E-state index contributed by atoms with van der Waals surface area (Å²) in [5, 5.41) is 22.3. The van der Waals surface area contributed by atoms with E-state index < -0.39 is 4.92 Å². The molecule has 0 fully saturated rings. The minimum absolute atomic E-state index is 0.0751. The number of hydrogen-bond acceptors (Lipinski definition) is 7. The molecule has 2 rings (SSSR count). The van der Waals surface area contributed by atoms with Crippen molar-refractivity contribution in [2.45, 2.75) is 6.42 Å². The molecular formula is C13H11N5O3. The number of nitro groups is 1. The predicted octanol–water partition coefficient (Wildman–Crippen LogP) is 2.28. The monoisotopic (exact) mass is 285 g/mol. The van der Waals surface area contributed by atoms with Crippen molar-refractivity contribution >= 4 is 11.5 Å². The van der Waals surface area contributed by atoms with Crippen LogP contribution in [0.4, 0.5) is 11.5 Å². The van der Waals surface area contributed by atoms with Gasteiger partial charge in [-0.3, -0.25) is 10.1 Å². The number of rotatable bonds is 5. The lowest BCUT2D eigenvalue weighted by Gasteiger charge is -2.07. The summed E-state index contributed by atoms with van der Waals surface area (Å²) in [4.78, 5) is 18.1. The molecule has 0 aliphatic heterocycles. The first-order valence-electron chi connectivity index (χ1n) is 5.96. The maximum absolute atomic E-state index is 11.1. The maximum Gasteiger partial charge on any atom is 0.373 e. The predicted molar refractivity (Wildman–Crippen MR) is 74.1 cm³/mol. The van der Waals surface area contributed by atoms with E-state index in [-0.39, 0.29) is 23.8 Å². The molecule has 2 aromatic rings. The molecule has 0 spiro atoms. The van der Waals surface area contributed by atoms with Crippen LogP contribution in [-0.4, -0.2) is 21.9 Å². The smallest absolute Gasteiger partial charge is 0.373 e. The Morgan fingerprint density at radius 2 is 2.10 bits per heavy atom. The number of aromatic nitrogens is 2. The van der Waals surface area contributed by atoms with Crippen LogP contribution in [0.2, 0.25) is 0 Å². The van der Waals surface area contributed by atoms with Gasteiger partial charge in [0.1, 0.15) is 12.1 Å². The molecule has 0 saturated carbocycles. The highest BCUT2D eigenvalue weighted by Gasteiger charge is 2.24. The molecule has 1 heterocycles. The van der Waals surface area contributed by atoms with Crippen LogP contribution < -0.4 is 10.1 Å². The fourth-order valence-electron chi connectivity index (χ4n) is 1.66. The van der Waals surface area contributed by atoms with Gasteiger partial charge in [-0.15, -0.1) is 0 Å². The molecule has 1 N–H and O–H groups in total. The SMILES string of the molecule is CNc1ncnc(Oc2ccc(CC#N)cc2)c1[N+](=O)[O-]. The molecule has 0 unspecified atom stereocenters. The van der Waals surface area contributed by atoms with Crippen LogP contribution in [0.5, 0.6) is 11.6 Å². The van der Waals surface area contributed by atoms with Crippen LogP contribution in [0, 0.1) is 21.4 Å². The van der Waals surface area contributed by atoms with E-state index in [0.717, 1.165) is 5.56 Å². The molecule has 0 radical (unpaired) electrons. The van der Waals surface area contributed by atoms with Gasteiger partial charge >= 0.3 is 11.6 Å². The summed E-state index contributed by atoms with van der Waals surface area (Å²) in [6, 6.07) is 8.70. The first-order valence-corrected chi connectivity index (χ1v) is 5.96. The molecular weight excluding hydrogens is 274 g/mol. The Kier molecular flexibility index (Phi) is 4.26. The van der Waals surface area contributed by atoms with Gasteiger partial charge in [0, 0.05) is 7.05 Å². The Morgan fingerprint density at radius 1 is 1.38 bits per heavy atom. The minimum atomic E-state index is -0.606. The Balaban J connectivity index is 2.31. The number of anilines is 1. The van der Waals surface area contributed by atoms with Gasteiger partial charge in [-0.1, -0.05) is 12.1 Å². The Bertz CT molecular complexity index is 694. The van der Waals surface area contributed by atoms with Gasteiger partial charge in [0.2, 0.25) is 5.82 Å². The first kappa shape index (κ1) is 14.2. The molecule has 0 atom stereocenters. The number of benzene rings is 1. The largest absolute Gasteiger partial charge is 0.434 e. The summed E-state index contributed by atoms with van der Waals surface area (Å²) in [6.45, 7) is 0. The Labute approximate surface area is 120 Å². The quantitative estimate of drug-likeness (QED) is 0.662. The van der Waals surface area contributed by atoms with E-state index in [2.05, 4.69) is 15.3 Å². The van der Waals surface area contributed by atoms with Crippen molar-refractivity contribution in [3.05, 3.63) is 46.3 Å². The molecule has 0 aliphatic rings. The zero-order valence-corrected chi connectivity index (χ0v) is 11.1. The van der Waals surface area contributed by atoms with E-state index >= 15 is 0 Å². The van der Waals surface area contributed by atoms with Gasteiger partial charge < -0.3 is 10.1 Å². The molecule has 0 amide bonds. The summed E-state index contributed by atoms with van der Waals surface area (Å²) in [5.41, 5.74) is 0.499. The average molecular weight is 285 g/mol. The van der Waals surface area contributed by atoms with Gasteiger partial charge in [0.05, 0.1) is 17.4 Å². The molecule has 0 aliphatic carbocycles. The zero-order valence-electron chi connectivity index (χ0n) is 11.1. The van der Waals surface area contributed by atoms with Gasteiger partial charge in [0.25, 0.3) is 0 Å². The van der Waals surface area contributed by atoms with Crippen molar-refractivity contribution in [3.8, 4) is 17.7 Å². The summed E-state index contributed by atoms with van der Waals surface area (Å²) in [6.07, 6.45) is 1.47. The Hall–Kier alpha value is -3.21. The van der Waals surface area contributed by atoms with Crippen molar-refractivity contribution in [2.24, 2.45) is 0 Å². The summed E-state index contributed by atoms with van der Waals surface area (Å²) in [7, 11) is 1.52. The van der Waals surface area contributed by atoms with E-state index in [0.29, 0.717) is 5.75 Å². The number of hydrogen-bond donors (Lipinski definition) is 1. The molecule has 1 aromatic carbocycles. The van der Waals surface area contributed by atoms with Crippen LogP contribution >= 0.6 is 0 Å². The lowest BCUT2D eigenvalue weighted by molar-refractivity contribution is -0.385. The van der Waals surface area contributed by atoms with Crippen molar-refractivity contribution < 1.29 is 9.66 Å². The highest BCUT2D eigenvalue weighted by molar-refractivity contribution is 5.61. The second-order valence-electron chi connectivity index (χ2n) is 3.96. The zero-order chi connectivity index (χ0) is 15.2. The van der Waals surface area contributed by atoms with Gasteiger partial charge in [-0.2, -0.15) is 10.2 Å². The van der Waals surface area contributed by atoms with Crippen molar-refractivity contribution in [3.63, 3.8) is 0 Å². The molecule has 106 valence electrons. The standard InChI is InChI=1S/C13H11N5O3/c1-15-12-11(18(19)20)13(17-8-16-12)21-10-4-2-9(3-5-10)6-7-14/h2-5,8H,6H2,1H3,(H,15,16,17). The van der Waals surface area contributed by atoms with E-state index in [9.17, 15) is 10.1 Å². The first-order chi connectivity index (χ1) is 10.2. The normalized spacial score (nSPS) is 9.71. The second-order valence-corrected chi connectivity index (χ2v) is 3.96. The van der Waals surface area contributed by atoms with Gasteiger partial charge in [-0.25, -0.2) is 4.98 Å². The van der Waals surface area contributed by atoms with Crippen LogP contribution in [0.1, 0.15) is 5.56 Å². The van der Waals surface area contributed by atoms with Crippen molar-refractivity contribution in [1.82, 2.24) is 9.97 Å². The van der Waals surface area contributed by atoms with Gasteiger partial charge in [-0.05, 0) is 17.7 Å². The fourth-order valence-corrected chi connectivity index (χ4v) is 1.66. The molecule has 1 aromatic heterocycles. The molecule has 8 heteroatoms. The third-order valence-corrected chi connectivity index (χ3v) is 2.63. The second kappa shape index (κ2) is 6.29. The van der Waals surface area contributed by atoms with E-state index in [1.807, 2.05) is 6.07 Å². The highest BCUT2D eigenvalue weighted by Crippen LogP contribution is 2.33. The van der Waals surface area contributed by atoms with E-state index in [4.69, 9.17) is 10.00 Å². The number of nitrogens with one attached hydrogen (secondary N) is 1. The van der Waals surface area contributed by atoms with Crippen LogP contribution in [0.15, 0.2) is 30.6 Å². The van der Waals surface area contributed by atoms with Crippen molar-refractivity contribution in [2.75, 3.05) is 12.4 Å². The average Bonchev–Trinajstić information content (AvgIpc) is 2.49. The van der Waals surface area contributed by atoms with Crippen molar-refractivity contribution in [1.29, 1.82) is 5.26 Å². The summed E-state index contributed by atoms with van der Waals surface area (Å²) < 4.78 is 5.43. The Morgan fingerprint density at radius 3 is 2.67 bits per heavy atom. The van der Waals surface area contributed by atoms with Crippen LogP contribution in [-0.2, 0) is 6.42 Å². The number of nitrogens with zero attached hydrogens (tertiary/aromatic N) is 4. The van der Waals surface area contributed by atoms with Gasteiger partial charge in [0.15, 0.2) is 0 Å². The van der Waals surface area contributed by atoms with E-state index in [1.165, 1.54) is 13.4 Å². The molecule has 8 nitrogen and oxygen atoms in total. The van der Waals surface area contributed by atoms with Crippen LogP contribution in [0.25, 0.3) is 0 Å². The topological polar surface area (TPSA) is 114 Å². The summed E-state index contributed by atoms with van der Waals surface area (Å²) >= 11 is 0. The van der Waals surface area contributed by atoms with Crippen LogP contribution in [0.3, 0.4) is 0 Å². The number of ether oxygens (including phenoxy) is 1. The lowest BCUT2D eigenvalue weighted by atomic mass is 10.2. The maximum atomic E-state index is 11.1. The summed E-state index contributed by atoms with van der Waals surface area (Å²) in [5.74, 6) is 0.319. The third kappa shape index (κ3) is 3.22. The fraction of sp³-hybridized carbons (Fsp3) is 0.154. The third-order valence-electron chi connectivity index (χ3n) is 2.63. The minimum Gasteiger partial charge on any atom is -0.434 e. The lowest BCUT2D eigenvalue weighted by Crippen LogP contribution is -2.03. The molecule has 0 saturated heterocycles. The molecule has 21 heavy (non-hydrogen) atoms. The number of nitriles is 1. The molecule has 0 bridgehead atoms.